The Morgan fingerprint density at radius 3 is 2.47 bits per heavy atom. The monoisotopic (exact) mass is 271 g/mol. The fourth-order valence-corrected chi connectivity index (χ4v) is 1.85. The number of halogens is 1. The standard InChI is InChI=1S/C14H10ClN3O/c15-12-3-1-10(2-4-12)9-13-17-14(19-18-13)11-5-7-16-8-6-11/h1-8H,9H2. The largest absolute Gasteiger partial charge is 0.334 e. The van der Waals surface area contributed by atoms with Gasteiger partial charge in [0.25, 0.3) is 5.89 Å². The van der Waals surface area contributed by atoms with Gasteiger partial charge in [0.1, 0.15) is 0 Å². The Bertz CT molecular complexity index is 665. The first-order chi connectivity index (χ1) is 9.31. The molecule has 2 aromatic heterocycles. The van der Waals surface area contributed by atoms with E-state index >= 15 is 0 Å². The van der Waals surface area contributed by atoms with Crippen LogP contribution < -0.4 is 0 Å². The molecule has 0 radical (unpaired) electrons. The summed E-state index contributed by atoms with van der Waals surface area (Å²) in [6.07, 6.45) is 4.00. The number of nitrogens with zero attached hydrogens (tertiary/aromatic N) is 3. The second-order valence-corrected chi connectivity index (χ2v) is 4.49. The summed E-state index contributed by atoms with van der Waals surface area (Å²) in [6, 6.07) is 11.3. The summed E-state index contributed by atoms with van der Waals surface area (Å²) in [4.78, 5) is 8.31. The molecular formula is C14H10ClN3O. The van der Waals surface area contributed by atoms with E-state index < -0.39 is 0 Å². The molecule has 0 amide bonds. The van der Waals surface area contributed by atoms with Crippen molar-refractivity contribution in [3.8, 4) is 11.5 Å². The van der Waals surface area contributed by atoms with Crippen LogP contribution >= 0.6 is 11.6 Å². The molecule has 3 rings (SSSR count). The van der Waals surface area contributed by atoms with Crippen LogP contribution in [0.2, 0.25) is 5.02 Å². The van der Waals surface area contributed by atoms with Crippen LogP contribution in [0, 0.1) is 0 Å². The quantitative estimate of drug-likeness (QED) is 0.733. The fourth-order valence-electron chi connectivity index (χ4n) is 1.72. The van der Waals surface area contributed by atoms with Crippen molar-refractivity contribution in [2.75, 3.05) is 0 Å². The molecule has 19 heavy (non-hydrogen) atoms. The third-order valence-electron chi connectivity index (χ3n) is 2.67. The van der Waals surface area contributed by atoms with Gasteiger partial charge in [-0.15, -0.1) is 0 Å². The summed E-state index contributed by atoms with van der Waals surface area (Å²) in [5, 5.41) is 4.69. The lowest BCUT2D eigenvalue weighted by Crippen LogP contribution is -1.90. The Balaban J connectivity index is 1.80. The number of rotatable bonds is 3. The van der Waals surface area contributed by atoms with Crippen molar-refractivity contribution in [2.45, 2.75) is 6.42 Å². The first kappa shape index (κ1) is 11.9. The number of hydrogen-bond donors (Lipinski definition) is 0. The highest BCUT2D eigenvalue weighted by Gasteiger charge is 2.08. The number of pyridine rings is 1. The number of aromatic nitrogens is 3. The molecule has 0 saturated carbocycles. The molecule has 0 N–H and O–H groups in total. The summed E-state index contributed by atoms with van der Waals surface area (Å²) in [7, 11) is 0. The molecule has 0 fully saturated rings. The molecule has 0 aliphatic carbocycles. The van der Waals surface area contributed by atoms with Crippen LogP contribution in [0.1, 0.15) is 11.4 Å². The van der Waals surface area contributed by atoms with E-state index in [1.165, 1.54) is 0 Å². The van der Waals surface area contributed by atoms with Gasteiger partial charge in [-0.2, -0.15) is 4.98 Å². The van der Waals surface area contributed by atoms with Gasteiger partial charge in [-0.05, 0) is 29.8 Å². The summed E-state index contributed by atoms with van der Waals surface area (Å²) < 4.78 is 5.23. The molecule has 0 saturated heterocycles. The minimum absolute atomic E-state index is 0.506. The molecule has 0 aliphatic heterocycles. The van der Waals surface area contributed by atoms with Crippen LogP contribution in [0.25, 0.3) is 11.5 Å². The van der Waals surface area contributed by atoms with Crippen molar-refractivity contribution in [1.82, 2.24) is 15.1 Å². The smallest absolute Gasteiger partial charge is 0.258 e. The zero-order valence-corrected chi connectivity index (χ0v) is 10.7. The van der Waals surface area contributed by atoms with Crippen molar-refractivity contribution in [3.63, 3.8) is 0 Å². The zero-order chi connectivity index (χ0) is 13.1. The highest BCUT2D eigenvalue weighted by molar-refractivity contribution is 6.30. The third kappa shape index (κ3) is 2.80. The SMILES string of the molecule is Clc1ccc(Cc2noc(-c3ccncc3)n2)cc1. The van der Waals surface area contributed by atoms with E-state index in [1.54, 1.807) is 12.4 Å². The highest BCUT2D eigenvalue weighted by Crippen LogP contribution is 2.17. The zero-order valence-electron chi connectivity index (χ0n) is 9.95. The van der Waals surface area contributed by atoms with Gasteiger partial charge in [0, 0.05) is 29.4 Å². The van der Waals surface area contributed by atoms with Gasteiger partial charge in [0.05, 0.1) is 0 Å². The molecule has 3 aromatic rings. The van der Waals surface area contributed by atoms with Gasteiger partial charge >= 0.3 is 0 Å². The molecule has 4 nitrogen and oxygen atoms in total. The van der Waals surface area contributed by atoms with Crippen LogP contribution in [0.5, 0.6) is 0 Å². The molecule has 0 atom stereocenters. The predicted molar refractivity (Wildman–Crippen MR) is 71.8 cm³/mol. The predicted octanol–water partition coefficient (Wildman–Crippen LogP) is 3.38. The maximum absolute atomic E-state index is 5.84. The van der Waals surface area contributed by atoms with E-state index in [0.29, 0.717) is 23.2 Å². The Labute approximate surface area is 115 Å². The Morgan fingerprint density at radius 1 is 1.00 bits per heavy atom. The molecule has 1 aromatic carbocycles. The van der Waals surface area contributed by atoms with Gasteiger partial charge in [-0.25, -0.2) is 0 Å². The summed E-state index contributed by atoms with van der Waals surface area (Å²) in [5.74, 6) is 1.15. The third-order valence-corrected chi connectivity index (χ3v) is 2.92. The fraction of sp³-hybridized carbons (Fsp3) is 0.0714. The molecule has 0 bridgehead atoms. The number of hydrogen-bond acceptors (Lipinski definition) is 4. The van der Waals surface area contributed by atoms with Crippen LogP contribution in [0.15, 0.2) is 53.3 Å². The second-order valence-electron chi connectivity index (χ2n) is 4.05. The van der Waals surface area contributed by atoms with E-state index in [2.05, 4.69) is 15.1 Å². The number of benzene rings is 1. The molecule has 5 heteroatoms. The van der Waals surface area contributed by atoms with E-state index in [-0.39, 0.29) is 0 Å². The lowest BCUT2D eigenvalue weighted by atomic mass is 10.1. The van der Waals surface area contributed by atoms with Gasteiger partial charge in [-0.1, -0.05) is 28.9 Å². The lowest BCUT2D eigenvalue weighted by Gasteiger charge is -1.96. The van der Waals surface area contributed by atoms with Crippen molar-refractivity contribution >= 4 is 11.6 Å². The van der Waals surface area contributed by atoms with E-state index in [0.717, 1.165) is 11.1 Å². The topological polar surface area (TPSA) is 51.8 Å². The van der Waals surface area contributed by atoms with Crippen molar-refractivity contribution < 1.29 is 4.52 Å². The van der Waals surface area contributed by atoms with Crippen molar-refractivity contribution in [1.29, 1.82) is 0 Å². The molecule has 0 spiro atoms. The Morgan fingerprint density at radius 2 is 1.74 bits per heavy atom. The van der Waals surface area contributed by atoms with Gasteiger partial charge < -0.3 is 4.52 Å². The summed E-state index contributed by atoms with van der Waals surface area (Å²) >= 11 is 5.84. The lowest BCUT2D eigenvalue weighted by molar-refractivity contribution is 0.424. The first-order valence-electron chi connectivity index (χ1n) is 5.79. The van der Waals surface area contributed by atoms with Crippen molar-refractivity contribution in [3.05, 3.63) is 65.2 Å². The Kier molecular flexibility index (Phi) is 3.25. The van der Waals surface area contributed by atoms with Crippen LogP contribution in [0.4, 0.5) is 0 Å². The van der Waals surface area contributed by atoms with E-state index in [9.17, 15) is 0 Å². The van der Waals surface area contributed by atoms with Gasteiger partial charge in [0.15, 0.2) is 5.82 Å². The van der Waals surface area contributed by atoms with Crippen LogP contribution in [-0.2, 0) is 6.42 Å². The highest BCUT2D eigenvalue weighted by atomic mass is 35.5. The molecule has 0 unspecified atom stereocenters. The van der Waals surface area contributed by atoms with Gasteiger partial charge in [0.2, 0.25) is 0 Å². The Hall–Kier alpha value is -2.20. The normalized spacial score (nSPS) is 10.6. The van der Waals surface area contributed by atoms with Crippen LogP contribution in [0.3, 0.4) is 0 Å². The van der Waals surface area contributed by atoms with Gasteiger partial charge in [-0.3, -0.25) is 4.98 Å². The minimum atomic E-state index is 0.506. The first-order valence-corrected chi connectivity index (χ1v) is 6.16. The minimum Gasteiger partial charge on any atom is -0.334 e. The van der Waals surface area contributed by atoms with E-state index in [4.69, 9.17) is 16.1 Å². The van der Waals surface area contributed by atoms with Crippen LogP contribution in [-0.4, -0.2) is 15.1 Å². The average molecular weight is 272 g/mol. The maximum atomic E-state index is 5.84. The van der Waals surface area contributed by atoms with E-state index in [1.807, 2.05) is 36.4 Å². The average Bonchev–Trinajstić information content (AvgIpc) is 2.91. The van der Waals surface area contributed by atoms with Crippen molar-refractivity contribution in [2.24, 2.45) is 0 Å². The maximum Gasteiger partial charge on any atom is 0.258 e. The second kappa shape index (κ2) is 5.20. The summed E-state index contributed by atoms with van der Waals surface area (Å²) in [6.45, 7) is 0. The molecule has 0 aliphatic rings. The molecule has 94 valence electrons. The molecule has 2 heterocycles. The summed E-state index contributed by atoms with van der Waals surface area (Å²) in [5.41, 5.74) is 1.95. The molecular weight excluding hydrogens is 262 g/mol.